The minimum atomic E-state index is -0.461. The summed E-state index contributed by atoms with van der Waals surface area (Å²) < 4.78 is 4.80. The van der Waals surface area contributed by atoms with Gasteiger partial charge in [-0.3, -0.25) is 9.69 Å². The summed E-state index contributed by atoms with van der Waals surface area (Å²) in [5, 5.41) is 3.25. The molecule has 3 rings (SSSR count). The number of ether oxygens (including phenoxy) is 1. The van der Waals surface area contributed by atoms with E-state index in [4.69, 9.17) is 17.0 Å². The molecule has 0 radical (unpaired) electrons. The van der Waals surface area contributed by atoms with Crippen LogP contribution in [0.5, 0.6) is 0 Å². The normalized spacial score (nSPS) is 15.3. The summed E-state index contributed by atoms with van der Waals surface area (Å²) >= 11 is 5.35. The summed E-state index contributed by atoms with van der Waals surface area (Å²) in [6, 6.07) is 12.8. The molecule has 1 amide bonds. The van der Waals surface area contributed by atoms with Gasteiger partial charge in [-0.25, -0.2) is 4.79 Å². The lowest BCUT2D eigenvalue weighted by atomic mass is 10.1. The summed E-state index contributed by atoms with van der Waals surface area (Å²) in [7, 11) is 1.32. The lowest BCUT2D eigenvalue weighted by molar-refractivity contribution is -0.113. The molecule has 26 heavy (non-hydrogen) atoms. The van der Waals surface area contributed by atoms with Gasteiger partial charge in [0.15, 0.2) is 5.11 Å². The van der Waals surface area contributed by atoms with Gasteiger partial charge in [0.2, 0.25) is 0 Å². The van der Waals surface area contributed by atoms with E-state index in [9.17, 15) is 9.59 Å². The Labute approximate surface area is 157 Å². The van der Waals surface area contributed by atoms with E-state index in [0.29, 0.717) is 21.9 Å². The number of rotatable bonds is 3. The summed E-state index contributed by atoms with van der Waals surface area (Å²) in [4.78, 5) is 26.3. The van der Waals surface area contributed by atoms with Gasteiger partial charge in [0.05, 0.1) is 18.4 Å². The summed E-state index contributed by atoms with van der Waals surface area (Å²) in [5.74, 6) is -0.726. The zero-order valence-electron chi connectivity index (χ0n) is 14.7. The highest BCUT2D eigenvalue weighted by molar-refractivity contribution is 7.80. The Hall–Kier alpha value is -2.99. The zero-order chi connectivity index (χ0) is 18.8. The fourth-order valence-electron chi connectivity index (χ4n) is 2.92. The fraction of sp³-hybridized carbons (Fsp3) is 0.150. The number of benzene rings is 2. The number of nitrogens with one attached hydrogen (secondary N) is 1. The molecule has 6 heteroatoms. The highest BCUT2D eigenvalue weighted by Gasteiger charge is 2.32. The van der Waals surface area contributed by atoms with Gasteiger partial charge < -0.3 is 10.1 Å². The molecule has 2 aromatic carbocycles. The van der Waals surface area contributed by atoms with Crippen LogP contribution in [0, 0.1) is 13.8 Å². The maximum Gasteiger partial charge on any atom is 0.338 e. The second kappa shape index (κ2) is 7.09. The Bertz CT molecular complexity index is 930. The number of carbonyl (C=O) groups is 2. The molecule has 0 bridgehead atoms. The first-order valence-corrected chi connectivity index (χ1v) is 8.44. The molecule has 5 nitrogen and oxygen atoms in total. The summed E-state index contributed by atoms with van der Waals surface area (Å²) in [5.41, 5.74) is 4.08. The average molecular weight is 366 g/mol. The number of methoxy groups -OCH3 is 1. The van der Waals surface area contributed by atoms with Crippen molar-refractivity contribution in [3.8, 4) is 0 Å². The van der Waals surface area contributed by atoms with Crippen LogP contribution < -0.4 is 10.2 Å². The van der Waals surface area contributed by atoms with Crippen LogP contribution in [0.1, 0.15) is 27.0 Å². The van der Waals surface area contributed by atoms with Gasteiger partial charge in [0.25, 0.3) is 5.91 Å². The first-order chi connectivity index (χ1) is 12.4. The molecule has 132 valence electrons. The van der Waals surface area contributed by atoms with E-state index in [0.717, 1.165) is 16.8 Å². The van der Waals surface area contributed by atoms with Crippen molar-refractivity contribution in [2.24, 2.45) is 0 Å². The van der Waals surface area contributed by atoms with E-state index in [1.807, 2.05) is 32.0 Å². The quantitative estimate of drug-likeness (QED) is 0.513. The molecule has 0 aliphatic carbocycles. The standard InChI is InChI=1S/C20H18N2O3S/c1-12-8-13(2)10-15(9-12)22-18(23)17(21-20(22)26)11-14-6-4-5-7-16(14)19(24)25-3/h4-11H,1-3H3,(H,21,26)/b17-11-. The topological polar surface area (TPSA) is 58.6 Å². The number of esters is 1. The molecular formula is C20H18N2O3S. The van der Waals surface area contributed by atoms with Gasteiger partial charge >= 0.3 is 5.97 Å². The van der Waals surface area contributed by atoms with Crippen LogP contribution in [0.2, 0.25) is 0 Å². The average Bonchev–Trinajstić information content (AvgIpc) is 2.87. The Morgan fingerprint density at radius 1 is 1.15 bits per heavy atom. The van der Waals surface area contributed by atoms with Crippen molar-refractivity contribution in [2.45, 2.75) is 13.8 Å². The number of carbonyl (C=O) groups excluding carboxylic acids is 2. The molecule has 0 unspecified atom stereocenters. The monoisotopic (exact) mass is 366 g/mol. The van der Waals surface area contributed by atoms with Crippen LogP contribution in [0.3, 0.4) is 0 Å². The van der Waals surface area contributed by atoms with Crippen molar-refractivity contribution in [2.75, 3.05) is 12.0 Å². The first-order valence-electron chi connectivity index (χ1n) is 8.03. The van der Waals surface area contributed by atoms with Crippen LogP contribution in [0.25, 0.3) is 6.08 Å². The van der Waals surface area contributed by atoms with E-state index in [2.05, 4.69) is 5.32 Å². The molecule has 0 saturated carbocycles. The zero-order valence-corrected chi connectivity index (χ0v) is 15.5. The van der Waals surface area contributed by atoms with Crippen molar-refractivity contribution < 1.29 is 14.3 Å². The molecule has 1 heterocycles. The van der Waals surface area contributed by atoms with Crippen LogP contribution in [-0.2, 0) is 9.53 Å². The van der Waals surface area contributed by atoms with E-state index in [1.165, 1.54) is 12.0 Å². The Morgan fingerprint density at radius 2 is 1.81 bits per heavy atom. The number of hydrogen-bond acceptors (Lipinski definition) is 4. The van der Waals surface area contributed by atoms with Crippen molar-refractivity contribution >= 4 is 41.0 Å². The molecule has 1 saturated heterocycles. The SMILES string of the molecule is COC(=O)c1ccccc1/C=C1\NC(=S)N(c2cc(C)cc(C)c2)C1=O. The van der Waals surface area contributed by atoms with E-state index in [1.54, 1.807) is 30.3 Å². The van der Waals surface area contributed by atoms with Crippen molar-refractivity contribution in [1.29, 1.82) is 0 Å². The molecule has 1 N–H and O–H groups in total. The maximum atomic E-state index is 12.9. The Kier molecular flexibility index (Phi) is 4.86. The molecular weight excluding hydrogens is 348 g/mol. The number of nitrogens with zero attached hydrogens (tertiary/aromatic N) is 1. The first kappa shape index (κ1) is 17.8. The minimum Gasteiger partial charge on any atom is -0.465 e. The number of thiocarbonyl (C=S) groups is 1. The van der Waals surface area contributed by atoms with Gasteiger partial charge in [-0.1, -0.05) is 24.3 Å². The highest BCUT2D eigenvalue weighted by Crippen LogP contribution is 2.25. The second-order valence-electron chi connectivity index (χ2n) is 6.05. The van der Waals surface area contributed by atoms with Gasteiger partial charge in [0, 0.05) is 0 Å². The predicted octanol–water partition coefficient (Wildman–Crippen LogP) is 3.35. The van der Waals surface area contributed by atoms with Crippen molar-refractivity contribution in [3.05, 3.63) is 70.4 Å². The highest BCUT2D eigenvalue weighted by atomic mass is 32.1. The van der Waals surface area contributed by atoms with Gasteiger partial charge in [-0.2, -0.15) is 0 Å². The molecule has 1 aliphatic rings. The summed E-state index contributed by atoms with van der Waals surface area (Å²) in [6.45, 7) is 3.94. The van der Waals surface area contributed by atoms with E-state index in [-0.39, 0.29) is 5.91 Å². The molecule has 2 aromatic rings. The largest absolute Gasteiger partial charge is 0.465 e. The predicted molar refractivity (Wildman–Crippen MR) is 105 cm³/mol. The molecule has 0 atom stereocenters. The van der Waals surface area contributed by atoms with Gasteiger partial charge in [-0.15, -0.1) is 0 Å². The van der Waals surface area contributed by atoms with Crippen LogP contribution in [0.15, 0.2) is 48.2 Å². The number of amides is 1. The molecule has 0 aromatic heterocycles. The lowest BCUT2D eigenvalue weighted by Crippen LogP contribution is -2.30. The molecule has 1 fully saturated rings. The lowest BCUT2D eigenvalue weighted by Gasteiger charge is -2.15. The van der Waals surface area contributed by atoms with E-state index < -0.39 is 5.97 Å². The molecule has 0 spiro atoms. The Morgan fingerprint density at radius 3 is 2.46 bits per heavy atom. The van der Waals surface area contributed by atoms with Crippen LogP contribution in [0.4, 0.5) is 5.69 Å². The maximum absolute atomic E-state index is 12.9. The third kappa shape index (κ3) is 3.36. The summed E-state index contributed by atoms with van der Waals surface area (Å²) in [6.07, 6.45) is 1.61. The van der Waals surface area contributed by atoms with Gasteiger partial charge in [-0.05, 0) is 67.0 Å². The smallest absolute Gasteiger partial charge is 0.338 e. The van der Waals surface area contributed by atoms with Crippen molar-refractivity contribution in [1.82, 2.24) is 5.32 Å². The van der Waals surface area contributed by atoms with Gasteiger partial charge in [0.1, 0.15) is 5.70 Å². The third-order valence-corrected chi connectivity index (χ3v) is 4.29. The fourth-order valence-corrected chi connectivity index (χ4v) is 3.22. The number of hydrogen-bond donors (Lipinski definition) is 1. The minimum absolute atomic E-state index is 0.264. The van der Waals surface area contributed by atoms with Crippen LogP contribution >= 0.6 is 12.2 Å². The Balaban J connectivity index is 2.00. The third-order valence-electron chi connectivity index (χ3n) is 4.01. The number of anilines is 1. The molecule has 1 aliphatic heterocycles. The van der Waals surface area contributed by atoms with Crippen molar-refractivity contribution in [3.63, 3.8) is 0 Å². The van der Waals surface area contributed by atoms with E-state index >= 15 is 0 Å². The van der Waals surface area contributed by atoms with Crippen LogP contribution in [-0.4, -0.2) is 24.1 Å². The number of aryl methyl sites for hydroxylation is 2. The second-order valence-corrected chi connectivity index (χ2v) is 6.44.